The summed E-state index contributed by atoms with van der Waals surface area (Å²) in [5, 5.41) is 0. The molecule has 2 aromatic rings. The Kier molecular flexibility index (Phi) is 6.48. The molecule has 5 rings (SSSR count). The van der Waals surface area contributed by atoms with Gasteiger partial charge in [0.2, 0.25) is 6.79 Å². The van der Waals surface area contributed by atoms with Crippen molar-refractivity contribution in [2.75, 3.05) is 51.0 Å². The number of hydrogen-bond donors (Lipinski definition) is 0. The largest absolute Gasteiger partial charge is 0.454 e. The van der Waals surface area contributed by atoms with Crippen LogP contribution in [0.4, 0.5) is 5.69 Å². The second kappa shape index (κ2) is 9.24. The highest BCUT2D eigenvalue weighted by Crippen LogP contribution is 2.33. The molecule has 2 aromatic carbocycles. The number of nitrogens with zero attached hydrogens (tertiary/aromatic N) is 3. The fraction of sp³-hybridized carbons (Fsp3) is 0.478. The molecule has 0 amide bonds. The van der Waals surface area contributed by atoms with Crippen molar-refractivity contribution in [3.8, 4) is 11.5 Å². The van der Waals surface area contributed by atoms with Gasteiger partial charge in [-0.1, -0.05) is 24.3 Å². The Morgan fingerprint density at radius 2 is 1.52 bits per heavy atom. The molecule has 2 fully saturated rings. The third-order valence-electron chi connectivity index (χ3n) is 6.35. The Hall–Kier alpha value is -1.95. The summed E-state index contributed by atoms with van der Waals surface area (Å²) in [5.74, 6) is 1.76. The van der Waals surface area contributed by atoms with Gasteiger partial charge in [-0.05, 0) is 55.8 Å². The lowest BCUT2D eigenvalue weighted by molar-refractivity contribution is 0.0998. The summed E-state index contributed by atoms with van der Waals surface area (Å²) >= 11 is 0. The maximum Gasteiger partial charge on any atom is 0.231 e. The predicted octanol–water partition coefficient (Wildman–Crippen LogP) is 3.62. The molecule has 0 spiro atoms. The lowest BCUT2D eigenvalue weighted by atomic mass is 10.0. The van der Waals surface area contributed by atoms with Gasteiger partial charge >= 0.3 is 0 Å². The van der Waals surface area contributed by atoms with Gasteiger partial charge in [-0.25, -0.2) is 0 Å². The van der Waals surface area contributed by atoms with Crippen LogP contribution in [0.1, 0.15) is 18.4 Å². The van der Waals surface area contributed by atoms with Crippen molar-refractivity contribution < 1.29 is 9.47 Å². The molecule has 5 nitrogen and oxygen atoms in total. The van der Waals surface area contributed by atoms with Crippen molar-refractivity contribution in [2.24, 2.45) is 0 Å². The van der Waals surface area contributed by atoms with Crippen LogP contribution in [0.5, 0.6) is 11.5 Å². The van der Waals surface area contributed by atoms with E-state index < -0.39 is 0 Å². The zero-order valence-corrected chi connectivity index (χ0v) is 17.7. The monoisotopic (exact) mass is 415 g/mol. The van der Waals surface area contributed by atoms with Crippen LogP contribution in [-0.2, 0) is 6.54 Å². The standard InChI is InChI=1S/C23H29N3O2.ClH/c1-2-4-20(5-3-1)25-12-14-26(15-13-25)21-8-10-24(11-9-21)17-19-6-7-22-23(16-19)28-18-27-22;/h1-7,16,21H,8-15,17-18H2;1H. The molecular formula is C23H30ClN3O2. The minimum atomic E-state index is 0. The highest BCUT2D eigenvalue weighted by Gasteiger charge is 2.27. The molecule has 6 heteroatoms. The first-order valence-corrected chi connectivity index (χ1v) is 10.5. The number of halogens is 1. The van der Waals surface area contributed by atoms with Crippen molar-refractivity contribution >= 4 is 18.1 Å². The van der Waals surface area contributed by atoms with Gasteiger partial charge in [-0.3, -0.25) is 9.80 Å². The molecule has 0 radical (unpaired) electrons. The first-order chi connectivity index (χ1) is 13.8. The van der Waals surface area contributed by atoms with E-state index in [-0.39, 0.29) is 12.4 Å². The average molecular weight is 416 g/mol. The first-order valence-electron chi connectivity index (χ1n) is 10.5. The Bertz CT molecular complexity index is 788. The highest BCUT2D eigenvalue weighted by molar-refractivity contribution is 5.85. The van der Waals surface area contributed by atoms with Gasteiger partial charge in [0.25, 0.3) is 0 Å². The molecule has 0 bridgehead atoms. The molecule has 0 aromatic heterocycles. The number of fused-ring (bicyclic) bond motifs is 1. The van der Waals surface area contributed by atoms with E-state index in [4.69, 9.17) is 9.47 Å². The number of para-hydroxylation sites is 1. The van der Waals surface area contributed by atoms with Crippen molar-refractivity contribution in [3.63, 3.8) is 0 Å². The molecule has 0 atom stereocenters. The number of piperazine rings is 1. The lowest BCUT2D eigenvalue weighted by Crippen LogP contribution is -2.53. The fourth-order valence-electron chi connectivity index (χ4n) is 4.72. The number of rotatable bonds is 4. The van der Waals surface area contributed by atoms with Crippen LogP contribution in [0.15, 0.2) is 48.5 Å². The molecule has 29 heavy (non-hydrogen) atoms. The second-order valence-electron chi connectivity index (χ2n) is 8.05. The number of piperidine rings is 1. The number of anilines is 1. The summed E-state index contributed by atoms with van der Waals surface area (Å²) in [6, 6.07) is 17.9. The maximum atomic E-state index is 5.51. The van der Waals surface area contributed by atoms with Gasteiger partial charge < -0.3 is 14.4 Å². The van der Waals surface area contributed by atoms with Gasteiger partial charge in [-0.15, -0.1) is 12.4 Å². The average Bonchev–Trinajstić information content (AvgIpc) is 3.23. The van der Waals surface area contributed by atoms with Crippen molar-refractivity contribution in [1.29, 1.82) is 0 Å². The van der Waals surface area contributed by atoms with E-state index in [1.165, 1.54) is 50.3 Å². The van der Waals surface area contributed by atoms with Crippen molar-refractivity contribution in [3.05, 3.63) is 54.1 Å². The summed E-state index contributed by atoms with van der Waals surface area (Å²) in [6.07, 6.45) is 2.55. The molecule has 2 saturated heterocycles. The smallest absolute Gasteiger partial charge is 0.231 e. The van der Waals surface area contributed by atoms with Crippen LogP contribution in [-0.4, -0.2) is 61.9 Å². The normalized spacial score (nSPS) is 20.5. The molecule has 0 aliphatic carbocycles. The van der Waals surface area contributed by atoms with Crippen LogP contribution < -0.4 is 14.4 Å². The molecule has 3 aliphatic rings. The van der Waals surface area contributed by atoms with Crippen LogP contribution in [0.3, 0.4) is 0 Å². The minimum Gasteiger partial charge on any atom is -0.454 e. The Morgan fingerprint density at radius 1 is 0.793 bits per heavy atom. The van der Waals surface area contributed by atoms with E-state index in [9.17, 15) is 0 Å². The molecule has 0 N–H and O–H groups in total. The van der Waals surface area contributed by atoms with E-state index in [2.05, 4.69) is 57.2 Å². The number of ether oxygens (including phenoxy) is 2. The summed E-state index contributed by atoms with van der Waals surface area (Å²) in [4.78, 5) is 7.82. The first kappa shape index (κ1) is 20.3. The van der Waals surface area contributed by atoms with E-state index in [1.54, 1.807) is 0 Å². The van der Waals surface area contributed by atoms with Crippen molar-refractivity contribution in [2.45, 2.75) is 25.4 Å². The predicted molar refractivity (Wildman–Crippen MR) is 118 cm³/mol. The SMILES string of the molecule is Cl.c1ccc(N2CCN(C3CCN(Cc4ccc5c(c4)OCO5)CC3)CC2)cc1. The Labute approximate surface area is 179 Å². The maximum absolute atomic E-state index is 5.51. The van der Waals surface area contributed by atoms with Gasteiger partial charge in [0.05, 0.1) is 0 Å². The van der Waals surface area contributed by atoms with Crippen LogP contribution in [0.2, 0.25) is 0 Å². The van der Waals surface area contributed by atoms with E-state index in [0.717, 1.165) is 37.2 Å². The molecule has 3 heterocycles. The minimum absolute atomic E-state index is 0. The number of benzene rings is 2. The summed E-state index contributed by atoms with van der Waals surface area (Å²) in [7, 11) is 0. The number of hydrogen-bond acceptors (Lipinski definition) is 5. The van der Waals surface area contributed by atoms with E-state index >= 15 is 0 Å². The molecule has 3 aliphatic heterocycles. The fourth-order valence-corrected chi connectivity index (χ4v) is 4.72. The summed E-state index contributed by atoms with van der Waals surface area (Å²) in [6.45, 7) is 8.36. The number of likely N-dealkylation sites (tertiary alicyclic amines) is 1. The summed E-state index contributed by atoms with van der Waals surface area (Å²) < 4.78 is 10.9. The topological polar surface area (TPSA) is 28.2 Å². The lowest BCUT2D eigenvalue weighted by Gasteiger charge is -2.43. The Morgan fingerprint density at radius 3 is 2.28 bits per heavy atom. The Balaban J connectivity index is 0.00000205. The van der Waals surface area contributed by atoms with Gasteiger partial charge in [0.15, 0.2) is 11.5 Å². The highest BCUT2D eigenvalue weighted by atomic mass is 35.5. The molecule has 0 unspecified atom stereocenters. The molecular weight excluding hydrogens is 386 g/mol. The zero-order chi connectivity index (χ0) is 18.8. The summed E-state index contributed by atoms with van der Waals surface area (Å²) in [5.41, 5.74) is 2.68. The molecule has 0 saturated carbocycles. The van der Waals surface area contributed by atoms with E-state index in [1.807, 2.05) is 6.07 Å². The van der Waals surface area contributed by atoms with E-state index in [0.29, 0.717) is 6.79 Å². The van der Waals surface area contributed by atoms with Crippen molar-refractivity contribution in [1.82, 2.24) is 9.80 Å². The zero-order valence-electron chi connectivity index (χ0n) is 16.8. The van der Waals surface area contributed by atoms with Crippen LogP contribution >= 0.6 is 12.4 Å². The van der Waals surface area contributed by atoms with Gasteiger partial charge in [0, 0.05) is 44.5 Å². The van der Waals surface area contributed by atoms with Crippen LogP contribution in [0.25, 0.3) is 0 Å². The van der Waals surface area contributed by atoms with Crippen LogP contribution in [0, 0.1) is 0 Å². The quantitative estimate of drug-likeness (QED) is 0.760. The third kappa shape index (κ3) is 4.63. The van der Waals surface area contributed by atoms with Gasteiger partial charge in [-0.2, -0.15) is 0 Å². The molecule has 156 valence electrons. The van der Waals surface area contributed by atoms with Gasteiger partial charge in [0.1, 0.15) is 0 Å². The second-order valence-corrected chi connectivity index (χ2v) is 8.05. The third-order valence-corrected chi connectivity index (χ3v) is 6.35.